The summed E-state index contributed by atoms with van der Waals surface area (Å²) < 4.78 is 16.7. The molecule has 0 aliphatic carbocycles. The molecule has 0 bridgehead atoms. The van der Waals surface area contributed by atoms with E-state index in [1.807, 2.05) is 30.3 Å². The first-order valence-corrected chi connectivity index (χ1v) is 9.84. The Morgan fingerprint density at radius 3 is 1.96 bits per heavy atom. The number of unbranched alkanes of at least 4 members (excludes halogenated alkanes) is 9. The van der Waals surface area contributed by atoms with Gasteiger partial charge in [-0.15, -0.1) is 0 Å². The van der Waals surface area contributed by atoms with Crippen LogP contribution in [-0.2, 0) is 8.92 Å². The van der Waals surface area contributed by atoms with E-state index in [1.165, 1.54) is 69.8 Å². The standard InChI is InChI=1S/C19H30O3S.Ca.2H/c1-2-3-4-5-6-7-8-9-10-14-17-20-19(22-23-19)21-18-15-12-11-13-16-18;;;/h11-13,15-16H,2-10,14,17H2,1H3;;;. The number of benzene rings is 1. The van der Waals surface area contributed by atoms with Crippen LogP contribution in [-0.4, -0.2) is 49.7 Å². The fourth-order valence-electron chi connectivity index (χ4n) is 2.57. The van der Waals surface area contributed by atoms with Crippen LogP contribution >= 0.6 is 12.0 Å². The summed E-state index contributed by atoms with van der Waals surface area (Å²) in [6.07, 6.45) is 13.3. The van der Waals surface area contributed by atoms with Gasteiger partial charge in [-0.05, 0) is 18.6 Å². The van der Waals surface area contributed by atoms with Crippen molar-refractivity contribution in [2.45, 2.75) is 76.4 Å². The molecule has 1 aliphatic heterocycles. The molecule has 5 heteroatoms. The Labute approximate surface area is 181 Å². The van der Waals surface area contributed by atoms with Gasteiger partial charge in [0, 0.05) is 0 Å². The number of para-hydroxylation sites is 1. The predicted octanol–water partition coefficient (Wildman–Crippen LogP) is 5.38. The van der Waals surface area contributed by atoms with Crippen molar-refractivity contribution >= 4 is 49.8 Å². The van der Waals surface area contributed by atoms with Crippen LogP contribution < -0.4 is 4.74 Å². The molecule has 24 heavy (non-hydrogen) atoms. The molecular weight excluding hydrogens is 348 g/mol. The second-order valence-corrected chi connectivity index (χ2v) is 6.95. The zero-order valence-electron chi connectivity index (χ0n) is 14.3. The number of hydrogen-bond donors (Lipinski definition) is 0. The normalized spacial score (nSPS) is 18.9. The number of rotatable bonds is 14. The molecule has 0 saturated carbocycles. The molecule has 0 amide bonds. The molecule has 0 spiro atoms. The van der Waals surface area contributed by atoms with Crippen molar-refractivity contribution in [3.05, 3.63) is 30.3 Å². The van der Waals surface area contributed by atoms with Gasteiger partial charge in [-0.25, -0.2) is 4.18 Å². The topological polar surface area (TPSA) is 31.0 Å². The molecule has 1 aliphatic rings. The summed E-state index contributed by atoms with van der Waals surface area (Å²) in [5.74, 6) is 0.778. The fraction of sp³-hybridized carbons (Fsp3) is 0.684. The average molecular weight is 381 g/mol. The SMILES string of the molecule is CCCCCCCCCCCCOC1(Oc2ccccc2)OS1.[CaH2]. The summed E-state index contributed by atoms with van der Waals surface area (Å²) in [4.78, 5) is 0. The van der Waals surface area contributed by atoms with E-state index in [2.05, 4.69) is 6.92 Å². The van der Waals surface area contributed by atoms with Crippen LogP contribution in [0.25, 0.3) is 0 Å². The first-order valence-electron chi connectivity index (χ1n) is 9.09. The van der Waals surface area contributed by atoms with Crippen LogP contribution in [0, 0.1) is 0 Å². The van der Waals surface area contributed by atoms with E-state index in [4.69, 9.17) is 13.7 Å². The van der Waals surface area contributed by atoms with Crippen molar-refractivity contribution in [3.8, 4) is 5.75 Å². The first-order chi connectivity index (χ1) is 11.3. The average Bonchev–Trinajstić information content (AvgIpc) is 3.33. The van der Waals surface area contributed by atoms with Crippen LogP contribution in [0.5, 0.6) is 5.75 Å². The van der Waals surface area contributed by atoms with Crippen molar-refractivity contribution in [2.24, 2.45) is 0 Å². The Kier molecular flexibility index (Phi) is 12.9. The van der Waals surface area contributed by atoms with E-state index in [0.717, 1.165) is 12.2 Å². The van der Waals surface area contributed by atoms with E-state index in [1.54, 1.807) is 0 Å². The minimum absolute atomic E-state index is 0. The molecule has 2 rings (SSSR count). The van der Waals surface area contributed by atoms with Crippen LogP contribution in [0.15, 0.2) is 30.3 Å². The van der Waals surface area contributed by atoms with E-state index in [-0.39, 0.29) is 37.7 Å². The Bertz CT molecular complexity index is 412. The van der Waals surface area contributed by atoms with Crippen molar-refractivity contribution in [1.29, 1.82) is 0 Å². The first kappa shape index (κ1) is 22.6. The molecule has 1 heterocycles. The zero-order valence-corrected chi connectivity index (χ0v) is 15.1. The van der Waals surface area contributed by atoms with E-state index < -0.39 is 5.31 Å². The molecule has 3 nitrogen and oxygen atoms in total. The Balaban J connectivity index is 0.00000288. The monoisotopic (exact) mass is 380 g/mol. The molecule has 0 aromatic heterocycles. The van der Waals surface area contributed by atoms with Crippen molar-refractivity contribution < 1.29 is 13.7 Å². The molecule has 134 valence electrons. The molecule has 1 fully saturated rings. The Morgan fingerprint density at radius 2 is 1.42 bits per heavy atom. The maximum absolute atomic E-state index is 5.74. The van der Waals surface area contributed by atoms with Crippen molar-refractivity contribution in [3.63, 3.8) is 0 Å². The van der Waals surface area contributed by atoms with Crippen LogP contribution in [0.3, 0.4) is 0 Å². The second kappa shape index (κ2) is 13.7. The summed E-state index contributed by atoms with van der Waals surface area (Å²) in [6, 6.07) is 9.67. The van der Waals surface area contributed by atoms with Crippen molar-refractivity contribution in [1.82, 2.24) is 0 Å². The molecule has 0 radical (unpaired) electrons. The molecular formula is C19H32CaO3S. The minimum atomic E-state index is -0.888. The molecule has 1 aromatic carbocycles. The number of hydrogen-bond acceptors (Lipinski definition) is 4. The van der Waals surface area contributed by atoms with Crippen LogP contribution in [0.1, 0.15) is 71.1 Å². The quantitative estimate of drug-likeness (QED) is 0.143. The van der Waals surface area contributed by atoms with Crippen LogP contribution in [0.2, 0.25) is 0 Å². The third-order valence-corrected chi connectivity index (χ3v) is 4.62. The van der Waals surface area contributed by atoms with Gasteiger partial charge in [-0.2, -0.15) is 0 Å². The molecule has 1 saturated heterocycles. The van der Waals surface area contributed by atoms with Gasteiger partial charge in [0.25, 0.3) is 0 Å². The van der Waals surface area contributed by atoms with Crippen molar-refractivity contribution in [2.75, 3.05) is 6.61 Å². The van der Waals surface area contributed by atoms with Gasteiger partial charge in [-0.1, -0.05) is 82.9 Å². The van der Waals surface area contributed by atoms with Gasteiger partial charge in [0.1, 0.15) is 17.8 Å². The van der Waals surface area contributed by atoms with Gasteiger partial charge < -0.3 is 9.47 Å². The molecule has 1 aromatic rings. The molecule has 1 atom stereocenters. The summed E-state index contributed by atoms with van der Waals surface area (Å²) in [6.45, 7) is 2.96. The molecule has 1 unspecified atom stereocenters. The third kappa shape index (κ3) is 9.88. The molecule has 0 N–H and O–H groups in total. The maximum atomic E-state index is 5.74. The van der Waals surface area contributed by atoms with E-state index in [0.29, 0.717) is 6.61 Å². The predicted molar refractivity (Wildman–Crippen MR) is 105 cm³/mol. The zero-order chi connectivity index (χ0) is 16.2. The number of ether oxygens (including phenoxy) is 2. The summed E-state index contributed by atoms with van der Waals surface area (Å²) >= 11 is 1.25. The van der Waals surface area contributed by atoms with Gasteiger partial charge in [-0.3, -0.25) is 0 Å². The second-order valence-electron chi connectivity index (χ2n) is 6.11. The Morgan fingerprint density at radius 1 is 0.875 bits per heavy atom. The summed E-state index contributed by atoms with van der Waals surface area (Å²) in [7, 11) is 0. The van der Waals surface area contributed by atoms with E-state index >= 15 is 0 Å². The van der Waals surface area contributed by atoms with E-state index in [9.17, 15) is 0 Å². The van der Waals surface area contributed by atoms with Crippen LogP contribution in [0.4, 0.5) is 0 Å². The van der Waals surface area contributed by atoms with Gasteiger partial charge in [0.05, 0.1) is 6.61 Å². The van der Waals surface area contributed by atoms with Gasteiger partial charge in [0.15, 0.2) is 0 Å². The van der Waals surface area contributed by atoms with Gasteiger partial charge >= 0.3 is 43.0 Å². The third-order valence-electron chi connectivity index (χ3n) is 3.98. The summed E-state index contributed by atoms with van der Waals surface area (Å²) in [5, 5.41) is -0.888. The fourth-order valence-corrected chi connectivity index (χ4v) is 2.98. The van der Waals surface area contributed by atoms with Gasteiger partial charge in [0.2, 0.25) is 0 Å². The summed E-state index contributed by atoms with van der Waals surface area (Å²) in [5.41, 5.74) is 0. The Hall–Kier alpha value is 0.550.